The Hall–Kier alpha value is -0.0800. The molecule has 0 saturated carbocycles. The second-order valence-electron chi connectivity index (χ2n) is 6.55. The zero-order valence-corrected chi connectivity index (χ0v) is 11.8. The van der Waals surface area contributed by atoms with Crippen molar-refractivity contribution >= 4 is 0 Å². The van der Waals surface area contributed by atoms with Gasteiger partial charge in [-0.15, -0.1) is 0 Å². The third-order valence-corrected chi connectivity index (χ3v) is 4.88. The van der Waals surface area contributed by atoms with E-state index in [0.717, 1.165) is 12.5 Å². The lowest BCUT2D eigenvalue weighted by atomic mass is 9.71. The Labute approximate surface area is 102 Å². The second kappa shape index (κ2) is 5.05. The van der Waals surface area contributed by atoms with Crippen molar-refractivity contribution in [3.05, 3.63) is 0 Å². The number of hydrogen-bond donors (Lipinski definition) is 1. The van der Waals surface area contributed by atoms with Crippen LogP contribution in [0.4, 0.5) is 0 Å². The molecule has 1 saturated heterocycles. The van der Waals surface area contributed by atoms with Gasteiger partial charge in [0, 0.05) is 11.1 Å². The molecular weight excluding hydrogens is 196 g/mol. The van der Waals surface area contributed by atoms with Gasteiger partial charge in [0.15, 0.2) is 0 Å². The van der Waals surface area contributed by atoms with Crippen LogP contribution in [0.25, 0.3) is 0 Å². The molecule has 0 spiro atoms. The maximum absolute atomic E-state index is 5.57. The van der Waals surface area contributed by atoms with E-state index in [1.165, 1.54) is 32.1 Å². The summed E-state index contributed by atoms with van der Waals surface area (Å²) in [7, 11) is 2.29. The maximum atomic E-state index is 5.57. The topological polar surface area (TPSA) is 29.3 Å². The van der Waals surface area contributed by atoms with Crippen LogP contribution in [0.1, 0.15) is 59.8 Å². The summed E-state index contributed by atoms with van der Waals surface area (Å²) in [4.78, 5) is 2.58. The number of nitrogens with two attached hydrogens (primary N) is 1. The van der Waals surface area contributed by atoms with Gasteiger partial charge in [0.1, 0.15) is 0 Å². The molecule has 1 atom stereocenters. The zero-order chi connectivity index (χ0) is 12.4. The summed E-state index contributed by atoms with van der Waals surface area (Å²) in [6.07, 6.45) is 6.50. The molecule has 0 amide bonds. The fraction of sp³-hybridized carbons (Fsp3) is 1.00. The van der Waals surface area contributed by atoms with Crippen LogP contribution in [-0.4, -0.2) is 29.6 Å². The van der Waals surface area contributed by atoms with E-state index in [1.807, 2.05) is 0 Å². The smallest absolute Gasteiger partial charge is 0.0183 e. The predicted molar refractivity (Wildman–Crippen MR) is 71.6 cm³/mol. The molecule has 0 aromatic carbocycles. The molecule has 0 aromatic heterocycles. The highest BCUT2D eigenvalue weighted by Crippen LogP contribution is 2.42. The van der Waals surface area contributed by atoms with Crippen LogP contribution in [-0.2, 0) is 0 Å². The van der Waals surface area contributed by atoms with Crippen LogP contribution in [0.2, 0.25) is 0 Å². The molecule has 1 aliphatic heterocycles. The molecule has 1 rings (SSSR count). The fourth-order valence-electron chi connectivity index (χ4n) is 3.13. The SMILES string of the molecule is CN1C(C)(C)CCC(CCCCN)C1(C)C. The van der Waals surface area contributed by atoms with Crippen LogP contribution in [0, 0.1) is 5.92 Å². The minimum Gasteiger partial charge on any atom is -0.330 e. The molecule has 0 aromatic rings. The first-order valence-corrected chi connectivity index (χ1v) is 6.76. The quantitative estimate of drug-likeness (QED) is 0.747. The summed E-state index contributed by atoms with van der Waals surface area (Å²) in [6.45, 7) is 10.4. The number of unbranched alkanes of at least 4 members (excludes halogenated alkanes) is 1. The van der Waals surface area contributed by atoms with Gasteiger partial charge in [-0.05, 0) is 72.9 Å². The first kappa shape index (κ1) is 14.0. The number of piperidine rings is 1. The molecule has 1 unspecified atom stereocenters. The fourth-order valence-corrected chi connectivity index (χ4v) is 3.13. The summed E-state index contributed by atoms with van der Waals surface area (Å²) < 4.78 is 0. The summed E-state index contributed by atoms with van der Waals surface area (Å²) in [5.74, 6) is 0.831. The Morgan fingerprint density at radius 2 is 1.81 bits per heavy atom. The minimum absolute atomic E-state index is 0.330. The van der Waals surface area contributed by atoms with Gasteiger partial charge in [-0.25, -0.2) is 0 Å². The highest BCUT2D eigenvalue weighted by Gasteiger charge is 2.44. The Kier molecular flexibility index (Phi) is 4.42. The highest BCUT2D eigenvalue weighted by molar-refractivity contribution is 4.99. The predicted octanol–water partition coefficient (Wildman–Crippen LogP) is 3.01. The maximum Gasteiger partial charge on any atom is 0.0183 e. The van der Waals surface area contributed by atoms with Gasteiger partial charge in [0.2, 0.25) is 0 Å². The van der Waals surface area contributed by atoms with E-state index < -0.39 is 0 Å². The first-order chi connectivity index (χ1) is 7.32. The molecule has 1 aliphatic rings. The van der Waals surface area contributed by atoms with Crippen molar-refractivity contribution < 1.29 is 0 Å². The summed E-state index contributed by atoms with van der Waals surface area (Å²) in [6, 6.07) is 0. The largest absolute Gasteiger partial charge is 0.330 e. The van der Waals surface area contributed by atoms with Crippen LogP contribution < -0.4 is 5.73 Å². The van der Waals surface area contributed by atoms with Crippen LogP contribution in [0.5, 0.6) is 0 Å². The van der Waals surface area contributed by atoms with Crippen molar-refractivity contribution in [1.29, 1.82) is 0 Å². The molecule has 16 heavy (non-hydrogen) atoms. The lowest BCUT2D eigenvalue weighted by molar-refractivity contribution is -0.0474. The molecule has 0 radical (unpaired) electrons. The van der Waals surface area contributed by atoms with Crippen molar-refractivity contribution in [3.8, 4) is 0 Å². The molecular formula is C14H30N2. The minimum atomic E-state index is 0.330. The number of hydrogen-bond acceptors (Lipinski definition) is 2. The number of rotatable bonds is 4. The highest BCUT2D eigenvalue weighted by atomic mass is 15.2. The van der Waals surface area contributed by atoms with Crippen molar-refractivity contribution in [3.63, 3.8) is 0 Å². The Morgan fingerprint density at radius 3 is 2.38 bits per heavy atom. The average Bonchev–Trinajstić information content (AvgIpc) is 2.19. The standard InChI is InChI=1S/C14H30N2/c1-13(2)10-9-12(8-6-7-11-15)14(3,4)16(13)5/h12H,6-11,15H2,1-5H3. The van der Waals surface area contributed by atoms with Crippen LogP contribution in [0.15, 0.2) is 0 Å². The van der Waals surface area contributed by atoms with Gasteiger partial charge in [-0.3, -0.25) is 4.90 Å². The van der Waals surface area contributed by atoms with Crippen LogP contribution >= 0.6 is 0 Å². The van der Waals surface area contributed by atoms with Gasteiger partial charge in [0.05, 0.1) is 0 Å². The molecule has 0 bridgehead atoms. The Bertz CT molecular complexity index is 221. The monoisotopic (exact) mass is 226 g/mol. The van der Waals surface area contributed by atoms with Crippen molar-refractivity contribution in [2.45, 2.75) is 70.9 Å². The molecule has 1 heterocycles. The van der Waals surface area contributed by atoms with Gasteiger partial charge in [-0.1, -0.05) is 6.42 Å². The van der Waals surface area contributed by atoms with E-state index in [4.69, 9.17) is 5.73 Å². The number of likely N-dealkylation sites (tertiary alicyclic amines) is 1. The second-order valence-corrected chi connectivity index (χ2v) is 6.55. The third kappa shape index (κ3) is 2.78. The van der Waals surface area contributed by atoms with Crippen molar-refractivity contribution in [1.82, 2.24) is 4.90 Å². The molecule has 0 aliphatic carbocycles. The first-order valence-electron chi connectivity index (χ1n) is 6.76. The lowest BCUT2D eigenvalue weighted by Crippen LogP contribution is -2.60. The molecule has 96 valence electrons. The van der Waals surface area contributed by atoms with Crippen molar-refractivity contribution in [2.24, 2.45) is 11.7 Å². The lowest BCUT2D eigenvalue weighted by Gasteiger charge is -2.55. The normalized spacial score (nSPS) is 29.2. The van der Waals surface area contributed by atoms with E-state index in [2.05, 4.69) is 39.6 Å². The summed E-state index contributed by atoms with van der Waals surface area (Å²) in [5.41, 5.74) is 6.26. The molecule has 1 fully saturated rings. The van der Waals surface area contributed by atoms with Gasteiger partial charge in [-0.2, -0.15) is 0 Å². The summed E-state index contributed by atoms with van der Waals surface area (Å²) >= 11 is 0. The van der Waals surface area contributed by atoms with E-state index in [1.54, 1.807) is 0 Å². The molecule has 2 nitrogen and oxygen atoms in total. The van der Waals surface area contributed by atoms with E-state index in [0.29, 0.717) is 11.1 Å². The third-order valence-electron chi connectivity index (χ3n) is 4.88. The Balaban J connectivity index is 2.61. The van der Waals surface area contributed by atoms with Gasteiger partial charge < -0.3 is 5.73 Å². The average molecular weight is 226 g/mol. The Morgan fingerprint density at radius 1 is 1.19 bits per heavy atom. The van der Waals surface area contributed by atoms with Crippen LogP contribution in [0.3, 0.4) is 0 Å². The van der Waals surface area contributed by atoms with Gasteiger partial charge in [0.25, 0.3) is 0 Å². The van der Waals surface area contributed by atoms with Crippen molar-refractivity contribution in [2.75, 3.05) is 13.6 Å². The molecule has 2 N–H and O–H groups in total. The van der Waals surface area contributed by atoms with E-state index in [9.17, 15) is 0 Å². The van der Waals surface area contributed by atoms with E-state index in [-0.39, 0.29) is 0 Å². The zero-order valence-electron chi connectivity index (χ0n) is 11.8. The number of nitrogens with zero attached hydrogens (tertiary/aromatic N) is 1. The van der Waals surface area contributed by atoms with Gasteiger partial charge >= 0.3 is 0 Å². The molecule has 2 heteroatoms. The summed E-state index contributed by atoms with van der Waals surface area (Å²) in [5, 5.41) is 0. The van der Waals surface area contributed by atoms with E-state index >= 15 is 0 Å².